The van der Waals surface area contributed by atoms with Crippen molar-refractivity contribution in [1.82, 2.24) is 0 Å². The zero-order valence-corrected chi connectivity index (χ0v) is 18.9. The van der Waals surface area contributed by atoms with E-state index in [1.807, 2.05) is 32.0 Å². The average Bonchev–Trinajstić information content (AvgIpc) is 2.71. The summed E-state index contributed by atoms with van der Waals surface area (Å²) < 4.78 is 33.4. The van der Waals surface area contributed by atoms with Gasteiger partial charge in [-0.25, -0.2) is 8.42 Å². The van der Waals surface area contributed by atoms with Gasteiger partial charge in [0.15, 0.2) is 6.10 Å². The molecule has 8 heteroatoms. The first-order valence-electron chi connectivity index (χ1n) is 9.57. The van der Waals surface area contributed by atoms with Crippen LogP contribution in [0.15, 0.2) is 71.6 Å². The van der Waals surface area contributed by atoms with Crippen LogP contribution in [-0.4, -0.2) is 20.4 Å². The van der Waals surface area contributed by atoms with Crippen molar-refractivity contribution in [3.63, 3.8) is 0 Å². The van der Waals surface area contributed by atoms with Crippen molar-refractivity contribution >= 4 is 38.9 Å². The molecule has 162 valence electrons. The van der Waals surface area contributed by atoms with E-state index in [9.17, 15) is 13.2 Å². The number of amides is 1. The number of benzene rings is 3. The summed E-state index contributed by atoms with van der Waals surface area (Å²) in [6, 6.07) is 18.2. The number of ether oxygens (including phenoxy) is 1. The van der Waals surface area contributed by atoms with E-state index >= 15 is 0 Å². The fourth-order valence-electron chi connectivity index (χ4n) is 2.78. The third kappa shape index (κ3) is 5.99. The lowest BCUT2D eigenvalue weighted by Gasteiger charge is -2.15. The van der Waals surface area contributed by atoms with E-state index in [1.165, 1.54) is 24.3 Å². The van der Waals surface area contributed by atoms with E-state index in [-0.39, 0.29) is 10.8 Å². The second kappa shape index (κ2) is 9.41. The topological polar surface area (TPSA) is 84.5 Å². The van der Waals surface area contributed by atoms with Gasteiger partial charge < -0.3 is 10.1 Å². The minimum atomic E-state index is -3.80. The second-order valence-corrected chi connectivity index (χ2v) is 9.25. The number of hydrogen-bond donors (Lipinski definition) is 2. The Kier molecular flexibility index (Phi) is 6.87. The predicted molar refractivity (Wildman–Crippen MR) is 123 cm³/mol. The monoisotopic (exact) mass is 458 g/mol. The summed E-state index contributed by atoms with van der Waals surface area (Å²) in [4.78, 5) is 12.5. The fourth-order valence-corrected chi connectivity index (χ4v) is 4.01. The number of halogens is 1. The van der Waals surface area contributed by atoms with E-state index in [1.54, 1.807) is 31.2 Å². The lowest BCUT2D eigenvalue weighted by Crippen LogP contribution is -2.30. The van der Waals surface area contributed by atoms with Gasteiger partial charge in [0.25, 0.3) is 15.9 Å². The van der Waals surface area contributed by atoms with Gasteiger partial charge in [0.1, 0.15) is 5.75 Å². The summed E-state index contributed by atoms with van der Waals surface area (Å²) in [5.74, 6) is 0.260. The first-order valence-corrected chi connectivity index (χ1v) is 11.4. The maximum atomic E-state index is 12.6. The maximum absolute atomic E-state index is 12.6. The van der Waals surface area contributed by atoms with E-state index in [4.69, 9.17) is 16.3 Å². The SMILES string of the molecule is Cc1cccc(O[C@@H](C)C(=O)Nc2ccc(S(=O)(=O)Nc3ccc(C)c(Cl)c3)cc2)c1. The molecule has 0 saturated heterocycles. The largest absolute Gasteiger partial charge is 0.481 e. The summed E-state index contributed by atoms with van der Waals surface area (Å²) in [5, 5.41) is 3.19. The molecule has 6 nitrogen and oxygen atoms in total. The van der Waals surface area contributed by atoms with Crippen LogP contribution in [0, 0.1) is 13.8 Å². The second-order valence-electron chi connectivity index (χ2n) is 7.16. The van der Waals surface area contributed by atoms with Crippen LogP contribution in [0.4, 0.5) is 11.4 Å². The summed E-state index contributed by atoms with van der Waals surface area (Å²) in [7, 11) is -3.80. The molecular weight excluding hydrogens is 436 g/mol. The van der Waals surface area contributed by atoms with Crippen LogP contribution >= 0.6 is 11.6 Å². The standard InChI is InChI=1S/C23H23ClN2O4S/c1-15-5-4-6-20(13-15)30-17(3)23(27)25-18-9-11-21(12-10-18)31(28,29)26-19-8-7-16(2)22(24)14-19/h4-14,17,26H,1-3H3,(H,25,27)/t17-/m0/s1. The Labute approximate surface area is 187 Å². The number of anilines is 2. The van der Waals surface area contributed by atoms with Gasteiger partial charge in [-0.2, -0.15) is 0 Å². The van der Waals surface area contributed by atoms with Crippen LogP contribution < -0.4 is 14.8 Å². The molecule has 1 amide bonds. The molecule has 1 atom stereocenters. The molecular formula is C23H23ClN2O4S. The average molecular weight is 459 g/mol. The Hall–Kier alpha value is -3.03. The summed E-state index contributed by atoms with van der Waals surface area (Å²) in [6.07, 6.45) is -0.724. The minimum Gasteiger partial charge on any atom is -0.481 e. The molecule has 0 aromatic heterocycles. The number of hydrogen-bond acceptors (Lipinski definition) is 4. The van der Waals surface area contributed by atoms with Crippen LogP contribution in [0.5, 0.6) is 5.75 Å². The molecule has 3 aromatic rings. The van der Waals surface area contributed by atoms with Crippen molar-refractivity contribution in [3.8, 4) is 5.75 Å². The van der Waals surface area contributed by atoms with Crippen LogP contribution in [0.1, 0.15) is 18.1 Å². The Morgan fingerprint density at radius 3 is 2.29 bits per heavy atom. The molecule has 0 unspecified atom stereocenters. The summed E-state index contributed by atoms with van der Waals surface area (Å²) in [5.41, 5.74) is 2.71. The molecule has 0 heterocycles. The Morgan fingerprint density at radius 1 is 0.968 bits per heavy atom. The molecule has 0 aliphatic heterocycles. The molecule has 0 bridgehead atoms. The first-order chi connectivity index (χ1) is 14.6. The van der Waals surface area contributed by atoms with Gasteiger partial charge in [0.05, 0.1) is 10.6 Å². The van der Waals surface area contributed by atoms with E-state index in [2.05, 4.69) is 10.0 Å². The lowest BCUT2D eigenvalue weighted by atomic mass is 10.2. The molecule has 0 fully saturated rings. The van der Waals surface area contributed by atoms with Crippen molar-refractivity contribution in [2.75, 3.05) is 10.0 Å². The highest BCUT2D eigenvalue weighted by molar-refractivity contribution is 7.92. The molecule has 3 aromatic carbocycles. The zero-order valence-electron chi connectivity index (χ0n) is 17.3. The Balaban J connectivity index is 1.64. The number of carbonyl (C=O) groups is 1. The first kappa shape index (κ1) is 22.7. The highest BCUT2D eigenvalue weighted by Crippen LogP contribution is 2.23. The third-order valence-corrected chi connectivity index (χ3v) is 6.33. The molecule has 0 saturated carbocycles. The van der Waals surface area contributed by atoms with Crippen LogP contribution in [0.2, 0.25) is 5.02 Å². The molecule has 2 N–H and O–H groups in total. The van der Waals surface area contributed by atoms with Gasteiger partial charge in [0, 0.05) is 10.7 Å². The Morgan fingerprint density at radius 2 is 1.65 bits per heavy atom. The van der Waals surface area contributed by atoms with Crippen molar-refractivity contribution in [2.45, 2.75) is 31.8 Å². The normalized spacial score (nSPS) is 12.1. The number of nitrogens with one attached hydrogen (secondary N) is 2. The van der Waals surface area contributed by atoms with Crippen molar-refractivity contribution in [3.05, 3.63) is 82.9 Å². The van der Waals surface area contributed by atoms with Gasteiger partial charge in [-0.05, 0) is 80.4 Å². The van der Waals surface area contributed by atoms with Gasteiger partial charge in [-0.3, -0.25) is 9.52 Å². The van der Waals surface area contributed by atoms with E-state index in [0.29, 0.717) is 22.1 Å². The van der Waals surface area contributed by atoms with Crippen LogP contribution in [0.25, 0.3) is 0 Å². The minimum absolute atomic E-state index is 0.0613. The maximum Gasteiger partial charge on any atom is 0.265 e. The highest BCUT2D eigenvalue weighted by atomic mass is 35.5. The van der Waals surface area contributed by atoms with Gasteiger partial charge in [-0.1, -0.05) is 29.8 Å². The quantitative estimate of drug-likeness (QED) is 0.512. The van der Waals surface area contributed by atoms with Gasteiger partial charge >= 0.3 is 0 Å². The van der Waals surface area contributed by atoms with Crippen LogP contribution in [-0.2, 0) is 14.8 Å². The molecule has 3 rings (SSSR count). The van der Waals surface area contributed by atoms with Gasteiger partial charge in [0.2, 0.25) is 0 Å². The van der Waals surface area contributed by atoms with Crippen molar-refractivity contribution < 1.29 is 17.9 Å². The number of aryl methyl sites for hydroxylation is 2. The number of rotatable bonds is 7. The van der Waals surface area contributed by atoms with Crippen molar-refractivity contribution in [2.24, 2.45) is 0 Å². The lowest BCUT2D eigenvalue weighted by molar-refractivity contribution is -0.122. The van der Waals surface area contributed by atoms with Gasteiger partial charge in [-0.15, -0.1) is 0 Å². The highest BCUT2D eigenvalue weighted by Gasteiger charge is 2.17. The molecule has 0 spiro atoms. The predicted octanol–water partition coefficient (Wildman–Crippen LogP) is 5.16. The molecule has 0 aliphatic rings. The third-order valence-electron chi connectivity index (χ3n) is 4.53. The van der Waals surface area contributed by atoms with E-state index < -0.39 is 16.1 Å². The number of sulfonamides is 1. The fraction of sp³-hybridized carbons (Fsp3) is 0.174. The molecule has 0 aliphatic carbocycles. The zero-order chi connectivity index (χ0) is 22.6. The Bertz CT molecular complexity index is 1190. The summed E-state index contributed by atoms with van der Waals surface area (Å²) in [6.45, 7) is 5.42. The molecule has 0 radical (unpaired) electrons. The molecule has 31 heavy (non-hydrogen) atoms. The van der Waals surface area contributed by atoms with E-state index in [0.717, 1.165) is 11.1 Å². The smallest absolute Gasteiger partial charge is 0.265 e. The summed E-state index contributed by atoms with van der Waals surface area (Å²) >= 11 is 6.06. The van der Waals surface area contributed by atoms with Crippen molar-refractivity contribution in [1.29, 1.82) is 0 Å². The van der Waals surface area contributed by atoms with Crippen LogP contribution in [0.3, 0.4) is 0 Å². The number of carbonyl (C=O) groups excluding carboxylic acids is 1.